The summed E-state index contributed by atoms with van der Waals surface area (Å²) in [5, 5.41) is 5.77. The van der Waals surface area contributed by atoms with E-state index in [0.717, 1.165) is 24.5 Å². The van der Waals surface area contributed by atoms with E-state index in [4.69, 9.17) is 0 Å². The lowest BCUT2D eigenvalue weighted by Gasteiger charge is -2.26. The molecule has 3 amide bonds. The molecule has 2 saturated heterocycles. The summed E-state index contributed by atoms with van der Waals surface area (Å²) >= 11 is 0. The monoisotopic (exact) mass is 330 g/mol. The number of carbonyl (C=O) groups excluding carboxylic acids is 2. The minimum Gasteiger partial charge on any atom is -0.336 e. The van der Waals surface area contributed by atoms with Crippen molar-refractivity contribution in [2.75, 3.05) is 36.4 Å². The predicted octanol–water partition coefficient (Wildman–Crippen LogP) is 2.42. The zero-order valence-electron chi connectivity index (χ0n) is 14.3. The molecule has 0 aliphatic carbocycles. The first-order valence-corrected chi connectivity index (χ1v) is 8.85. The highest BCUT2D eigenvalue weighted by Crippen LogP contribution is 2.20. The standard InChI is InChI=1S/C18H26N4O2/c1-14(21-11-4-2-3-5-12-21)17(23)20-15-6-8-16(9-7-15)22-13-10-19-18(22)24/h6-9,14H,2-5,10-13H2,1H3,(H,19,24)(H,20,23). The van der Waals surface area contributed by atoms with Crippen molar-refractivity contribution in [3.05, 3.63) is 24.3 Å². The van der Waals surface area contributed by atoms with Crippen LogP contribution in [0.1, 0.15) is 32.6 Å². The van der Waals surface area contributed by atoms with Gasteiger partial charge in [0.15, 0.2) is 0 Å². The molecule has 1 aromatic rings. The number of hydrogen-bond acceptors (Lipinski definition) is 3. The summed E-state index contributed by atoms with van der Waals surface area (Å²) in [6.45, 7) is 5.32. The van der Waals surface area contributed by atoms with E-state index >= 15 is 0 Å². The molecule has 24 heavy (non-hydrogen) atoms. The van der Waals surface area contributed by atoms with Crippen LogP contribution in [0.2, 0.25) is 0 Å². The molecule has 3 rings (SSSR count). The average molecular weight is 330 g/mol. The first-order chi connectivity index (χ1) is 11.6. The van der Waals surface area contributed by atoms with Crippen LogP contribution < -0.4 is 15.5 Å². The zero-order chi connectivity index (χ0) is 16.9. The van der Waals surface area contributed by atoms with Gasteiger partial charge in [0.25, 0.3) is 0 Å². The van der Waals surface area contributed by atoms with Gasteiger partial charge in [0.2, 0.25) is 5.91 Å². The summed E-state index contributed by atoms with van der Waals surface area (Å²) in [6.07, 6.45) is 4.86. The zero-order valence-corrected chi connectivity index (χ0v) is 14.3. The van der Waals surface area contributed by atoms with Gasteiger partial charge in [-0.3, -0.25) is 14.6 Å². The van der Waals surface area contributed by atoms with Gasteiger partial charge in [0, 0.05) is 24.5 Å². The van der Waals surface area contributed by atoms with Gasteiger partial charge in [-0.15, -0.1) is 0 Å². The van der Waals surface area contributed by atoms with Crippen molar-refractivity contribution in [2.24, 2.45) is 0 Å². The summed E-state index contributed by atoms with van der Waals surface area (Å²) in [6, 6.07) is 7.27. The van der Waals surface area contributed by atoms with Crippen LogP contribution in [0, 0.1) is 0 Å². The van der Waals surface area contributed by atoms with Gasteiger partial charge in [-0.05, 0) is 57.1 Å². The quantitative estimate of drug-likeness (QED) is 0.891. The molecule has 2 heterocycles. The Hall–Kier alpha value is -2.08. The number of benzene rings is 1. The maximum absolute atomic E-state index is 12.5. The van der Waals surface area contributed by atoms with Gasteiger partial charge in [-0.2, -0.15) is 0 Å². The molecular weight excluding hydrogens is 304 g/mol. The Balaban J connectivity index is 1.58. The van der Waals surface area contributed by atoms with E-state index in [9.17, 15) is 9.59 Å². The molecule has 0 aromatic heterocycles. The maximum atomic E-state index is 12.5. The van der Waals surface area contributed by atoms with Gasteiger partial charge in [-0.25, -0.2) is 4.79 Å². The molecule has 2 fully saturated rings. The van der Waals surface area contributed by atoms with E-state index < -0.39 is 0 Å². The third kappa shape index (κ3) is 3.87. The third-order valence-corrected chi connectivity index (χ3v) is 4.87. The average Bonchev–Trinajstić information content (AvgIpc) is 2.85. The van der Waals surface area contributed by atoms with Crippen LogP contribution in [-0.2, 0) is 4.79 Å². The first-order valence-electron chi connectivity index (χ1n) is 8.85. The topological polar surface area (TPSA) is 64.7 Å². The number of urea groups is 1. The van der Waals surface area contributed by atoms with E-state index in [1.807, 2.05) is 31.2 Å². The van der Waals surface area contributed by atoms with E-state index in [1.54, 1.807) is 4.90 Å². The molecule has 0 bridgehead atoms. The summed E-state index contributed by atoms with van der Waals surface area (Å²) in [4.78, 5) is 28.1. The van der Waals surface area contributed by atoms with E-state index in [1.165, 1.54) is 25.7 Å². The number of likely N-dealkylation sites (tertiary alicyclic amines) is 1. The second kappa shape index (κ2) is 7.66. The van der Waals surface area contributed by atoms with E-state index in [2.05, 4.69) is 15.5 Å². The second-order valence-electron chi connectivity index (χ2n) is 6.55. The van der Waals surface area contributed by atoms with Crippen LogP contribution >= 0.6 is 0 Å². The van der Waals surface area contributed by atoms with Crippen molar-refractivity contribution in [3.8, 4) is 0 Å². The Labute approximate surface area is 143 Å². The lowest BCUT2D eigenvalue weighted by Crippen LogP contribution is -2.42. The van der Waals surface area contributed by atoms with Gasteiger partial charge >= 0.3 is 6.03 Å². The minimum atomic E-state index is -0.118. The number of hydrogen-bond donors (Lipinski definition) is 2. The second-order valence-corrected chi connectivity index (χ2v) is 6.55. The predicted molar refractivity (Wildman–Crippen MR) is 95.3 cm³/mol. The van der Waals surface area contributed by atoms with E-state index in [0.29, 0.717) is 13.1 Å². The Morgan fingerprint density at radius 1 is 1.08 bits per heavy atom. The lowest BCUT2D eigenvalue weighted by molar-refractivity contribution is -0.120. The van der Waals surface area contributed by atoms with Crippen LogP contribution in [0.25, 0.3) is 0 Å². The van der Waals surface area contributed by atoms with Crippen molar-refractivity contribution in [3.63, 3.8) is 0 Å². The fourth-order valence-corrected chi connectivity index (χ4v) is 3.34. The van der Waals surface area contributed by atoms with Crippen molar-refractivity contribution in [1.29, 1.82) is 0 Å². The van der Waals surface area contributed by atoms with Crippen LogP contribution in [0.3, 0.4) is 0 Å². The molecule has 0 saturated carbocycles. The molecule has 130 valence electrons. The van der Waals surface area contributed by atoms with Gasteiger partial charge in [0.05, 0.1) is 6.04 Å². The highest BCUT2D eigenvalue weighted by atomic mass is 16.2. The Morgan fingerprint density at radius 3 is 2.33 bits per heavy atom. The summed E-state index contributed by atoms with van der Waals surface area (Å²) in [5.41, 5.74) is 1.62. The highest BCUT2D eigenvalue weighted by Gasteiger charge is 2.23. The molecule has 2 N–H and O–H groups in total. The van der Waals surface area contributed by atoms with Crippen molar-refractivity contribution >= 4 is 23.3 Å². The van der Waals surface area contributed by atoms with Crippen molar-refractivity contribution in [1.82, 2.24) is 10.2 Å². The maximum Gasteiger partial charge on any atom is 0.321 e. The SMILES string of the molecule is CC(C(=O)Nc1ccc(N2CCNC2=O)cc1)N1CCCCCC1. The molecule has 2 aliphatic rings. The van der Waals surface area contributed by atoms with Crippen LogP contribution in [0.15, 0.2) is 24.3 Å². The molecule has 6 heteroatoms. The Morgan fingerprint density at radius 2 is 1.75 bits per heavy atom. The first kappa shape index (κ1) is 16.8. The molecule has 2 aliphatic heterocycles. The van der Waals surface area contributed by atoms with Crippen LogP contribution in [0.4, 0.5) is 16.2 Å². The number of nitrogens with zero attached hydrogens (tertiary/aromatic N) is 2. The van der Waals surface area contributed by atoms with Gasteiger partial charge < -0.3 is 10.6 Å². The van der Waals surface area contributed by atoms with Gasteiger partial charge in [-0.1, -0.05) is 12.8 Å². The molecule has 1 unspecified atom stereocenters. The fourth-order valence-electron chi connectivity index (χ4n) is 3.34. The molecule has 0 radical (unpaired) electrons. The van der Waals surface area contributed by atoms with Crippen molar-refractivity contribution < 1.29 is 9.59 Å². The number of carbonyl (C=O) groups is 2. The van der Waals surface area contributed by atoms with E-state index in [-0.39, 0.29) is 18.0 Å². The summed E-state index contributed by atoms with van der Waals surface area (Å²) in [5.74, 6) is 0.0311. The van der Waals surface area contributed by atoms with Crippen LogP contribution in [0.5, 0.6) is 0 Å². The number of anilines is 2. The number of amides is 3. The molecule has 6 nitrogen and oxygen atoms in total. The number of rotatable bonds is 4. The lowest BCUT2D eigenvalue weighted by atomic mass is 10.2. The smallest absolute Gasteiger partial charge is 0.321 e. The highest BCUT2D eigenvalue weighted by molar-refractivity contribution is 5.96. The van der Waals surface area contributed by atoms with Crippen LogP contribution in [-0.4, -0.2) is 49.1 Å². The summed E-state index contributed by atoms with van der Waals surface area (Å²) < 4.78 is 0. The minimum absolute atomic E-state index is 0.0311. The fraction of sp³-hybridized carbons (Fsp3) is 0.556. The summed E-state index contributed by atoms with van der Waals surface area (Å²) in [7, 11) is 0. The van der Waals surface area contributed by atoms with Crippen molar-refractivity contribution in [2.45, 2.75) is 38.6 Å². The molecule has 0 spiro atoms. The normalized spacial score (nSPS) is 20.4. The Kier molecular flexibility index (Phi) is 5.35. The van der Waals surface area contributed by atoms with Gasteiger partial charge in [0.1, 0.15) is 0 Å². The molecular formula is C18H26N4O2. The molecule has 1 aromatic carbocycles. The largest absolute Gasteiger partial charge is 0.336 e. The Bertz CT molecular complexity index is 579. The third-order valence-electron chi connectivity index (χ3n) is 4.87. The number of nitrogens with one attached hydrogen (secondary N) is 2. The molecule has 1 atom stereocenters.